The number of fused-ring (bicyclic) bond motifs is 8. The van der Waals surface area contributed by atoms with Crippen LogP contribution in [-0.2, 0) is 11.2 Å². The van der Waals surface area contributed by atoms with Gasteiger partial charge in [-0.05, 0) is 88.3 Å². The molecule has 4 aromatic rings. The highest BCUT2D eigenvalue weighted by Gasteiger charge is 2.33. The van der Waals surface area contributed by atoms with Crippen molar-refractivity contribution in [2.24, 2.45) is 0 Å². The number of ether oxygens (including phenoxy) is 2. The summed E-state index contributed by atoms with van der Waals surface area (Å²) in [5, 5.41) is 4.98. The molecule has 3 aliphatic heterocycles. The summed E-state index contributed by atoms with van der Waals surface area (Å²) in [4.78, 5) is 7.27. The maximum atomic E-state index is 15.1. The predicted octanol–water partition coefficient (Wildman–Crippen LogP) is 7.15. The van der Waals surface area contributed by atoms with Crippen LogP contribution >= 0.6 is 0 Å². The van der Waals surface area contributed by atoms with Gasteiger partial charge in [0.25, 0.3) is 0 Å². The van der Waals surface area contributed by atoms with E-state index < -0.39 is 11.6 Å². The van der Waals surface area contributed by atoms with Crippen molar-refractivity contribution in [3.8, 4) is 28.1 Å². The van der Waals surface area contributed by atoms with Gasteiger partial charge in [-0.15, -0.1) is 0 Å². The first-order chi connectivity index (χ1) is 19.3. The second kappa shape index (κ2) is 10.8. The van der Waals surface area contributed by atoms with E-state index in [1.54, 1.807) is 6.07 Å². The van der Waals surface area contributed by atoms with Crippen LogP contribution in [-0.4, -0.2) is 46.5 Å². The van der Waals surface area contributed by atoms with E-state index in [0.29, 0.717) is 41.3 Å². The number of piperidine rings is 1. The van der Waals surface area contributed by atoms with Crippen LogP contribution in [0.15, 0.2) is 42.5 Å². The van der Waals surface area contributed by atoms with Gasteiger partial charge in [0.1, 0.15) is 23.2 Å². The molecular formula is C32H36F2N4O2. The molecule has 0 spiro atoms. The first-order valence-electron chi connectivity index (χ1n) is 14.4. The molecule has 0 atom stereocenters. The summed E-state index contributed by atoms with van der Waals surface area (Å²) in [5.41, 5.74) is 5.23. The number of aryl methyl sites for hydroxylation is 1. The molecule has 0 amide bonds. The van der Waals surface area contributed by atoms with Crippen LogP contribution in [0.2, 0.25) is 0 Å². The highest BCUT2D eigenvalue weighted by molar-refractivity contribution is 5.77. The average molecular weight is 547 g/mol. The van der Waals surface area contributed by atoms with E-state index in [0.717, 1.165) is 68.8 Å². The van der Waals surface area contributed by atoms with Crippen LogP contribution in [0.5, 0.6) is 5.75 Å². The lowest BCUT2D eigenvalue weighted by Crippen LogP contribution is -2.45. The van der Waals surface area contributed by atoms with Crippen molar-refractivity contribution in [1.29, 1.82) is 0 Å². The zero-order valence-corrected chi connectivity index (χ0v) is 23.5. The van der Waals surface area contributed by atoms with E-state index in [9.17, 15) is 4.39 Å². The van der Waals surface area contributed by atoms with Crippen LogP contribution in [0.3, 0.4) is 0 Å². The van der Waals surface area contributed by atoms with Crippen LogP contribution in [0.1, 0.15) is 57.2 Å². The Hall–Kier alpha value is -3.52. The maximum absolute atomic E-state index is 15.1. The number of anilines is 1. The van der Waals surface area contributed by atoms with Crippen LogP contribution in [0.4, 0.5) is 14.6 Å². The SMILES string of the molecule is CCc1c(C)nc2cc3nn2c1N1CCC(C)(CC1)OCCCCCOc1cc(F)ccc1-c1cc(F)cc-3c1. The van der Waals surface area contributed by atoms with Gasteiger partial charge >= 0.3 is 0 Å². The molecule has 5 heterocycles. The molecule has 0 radical (unpaired) electrons. The van der Waals surface area contributed by atoms with Gasteiger partial charge < -0.3 is 14.4 Å². The number of halogens is 2. The van der Waals surface area contributed by atoms with Gasteiger partial charge in [-0.25, -0.2) is 13.8 Å². The fourth-order valence-electron chi connectivity index (χ4n) is 5.98. The lowest BCUT2D eigenvalue weighted by Gasteiger charge is -2.41. The zero-order valence-electron chi connectivity index (χ0n) is 23.5. The Morgan fingerprint density at radius 3 is 2.50 bits per heavy atom. The quantitative estimate of drug-likeness (QED) is 0.254. The third-order valence-electron chi connectivity index (χ3n) is 8.30. The minimum Gasteiger partial charge on any atom is -0.493 e. The molecule has 0 saturated carbocycles. The van der Waals surface area contributed by atoms with E-state index in [-0.39, 0.29) is 5.60 Å². The molecule has 210 valence electrons. The molecular weight excluding hydrogens is 510 g/mol. The Bertz CT molecular complexity index is 1540. The van der Waals surface area contributed by atoms with Crippen molar-refractivity contribution in [1.82, 2.24) is 14.6 Å². The van der Waals surface area contributed by atoms with Crippen molar-refractivity contribution < 1.29 is 18.3 Å². The lowest BCUT2D eigenvalue weighted by atomic mass is 9.93. The van der Waals surface area contributed by atoms with Crippen molar-refractivity contribution in [3.63, 3.8) is 0 Å². The number of hydrogen-bond donors (Lipinski definition) is 0. The molecule has 0 unspecified atom stereocenters. The topological polar surface area (TPSA) is 51.9 Å². The maximum Gasteiger partial charge on any atom is 0.158 e. The second-order valence-corrected chi connectivity index (χ2v) is 11.2. The van der Waals surface area contributed by atoms with Crippen molar-refractivity contribution >= 4 is 11.5 Å². The molecule has 0 aliphatic carbocycles. The average Bonchev–Trinajstić information content (AvgIpc) is 3.35. The summed E-state index contributed by atoms with van der Waals surface area (Å²) in [6.45, 7) is 9.29. The Kier molecular flexibility index (Phi) is 7.21. The molecule has 40 heavy (non-hydrogen) atoms. The van der Waals surface area contributed by atoms with E-state index in [1.165, 1.54) is 29.8 Å². The van der Waals surface area contributed by atoms with E-state index in [4.69, 9.17) is 19.6 Å². The normalized spacial score (nSPS) is 17.6. The van der Waals surface area contributed by atoms with Gasteiger partial charge in [0, 0.05) is 54.2 Å². The van der Waals surface area contributed by atoms with Crippen molar-refractivity contribution in [2.75, 3.05) is 31.2 Å². The largest absolute Gasteiger partial charge is 0.493 e. The minimum absolute atomic E-state index is 0.162. The molecule has 0 N–H and O–H groups in total. The Balaban J connectivity index is 1.49. The van der Waals surface area contributed by atoms with E-state index >= 15 is 4.39 Å². The molecule has 2 aromatic heterocycles. The first-order valence-corrected chi connectivity index (χ1v) is 14.4. The van der Waals surface area contributed by atoms with Crippen LogP contribution in [0, 0.1) is 18.6 Å². The van der Waals surface area contributed by atoms with Crippen LogP contribution < -0.4 is 9.64 Å². The molecule has 1 saturated heterocycles. The third-order valence-corrected chi connectivity index (χ3v) is 8.30. The molecule has 8 heteroatoms. The molecule has 6 nitrogen and oxygen atoms in total. The molecule has 7 rings (SSSR count). The van der Waals surface area contributed by atoms with Crippen molar-refractivity contribution in [2.45, 2.75) is 64.9 Å². The Morgan fingerprint density at radius 1 is 0.925 bits per heavy atom. The predicted molar refractivity (Wildman–Crippen MR) is 153 cm³/mol. The van der Waals surface area contributed by atoms with Gasteiger partial charge in [-0.1, -0.05) is 6.92 Å². The van der Waals surface area contributed by atoms with Gasteiger partial charge in [0.15, 0.2) is 5.65 Å². The van der Waals surface area contributed by atoms with Gasteiger partial charge in [0.05, 0.1) is 17.9 Å². The fraction of sp³-hybridized carbons (Fsp3) is 0.438. The standard InChI is InChI=1S/C32H36F2N4O2/c1-4-26-21(2)35-30-20-28-23-16-22(17-25(34)18-23)27-9-8-24(33)19-29(27)39-14-6-5-7-15-40-32(3)10-12-37(13-11-32)31(26)38(30)36-28/h8-9,16-20H,4-7,10-15H2,1-3H3. The summed E-state index contributed by atoms with van der Waals surface area (Å²) in [5.74, 6) is 0.675. The van der Waals surface area contributed by atoms with Crippen LogP contribution in [0.25, 0.3) is 28.0 Å². The number of hydrogen-bond acceptors (Lipinski definition) is 5. The number of benzene rings is 2. The monoisotopic (exact) mass is 546 g/mol. The molecule has 3 aliphatic rings. The second-order valence-electron chi connectivity index (χ2n) is 11.2. The van der Waals surface area contributed by atoms with Gasteiger partial charge in [-0.2, -0.15) is 9.61 Å². The van der Waals surface area contributed by atoms with Gasteiger partial charge in [-0.3, -0.25) is 0 Å². The number of nitrogens with zero attached hydrogens (tertiary/aromatic N) is 4. The Labute approximate surface area is 233 Å². The first kappa shape index (κ1) is 26.7. The Morgan fingerprint density at radius 2 is 1.70 bits per heavy atom. The van der Waals surface area contributed by atoms with E-state index in [1.807, 2.05) is 23.6 Å². The molecule has 2 aromatic carbocycles. The highest BCUT2D eigenvalue weighted by atomic mass is 19.1. The lowest BCUT2D eigenvalue weighted by molar-refractivity contribution is -0.0494. The summed E-state index contributed by atoms with van der Waals surface area (Å²) in [6.07, 6.45) is 5.39. The molecule has 6 bridgehead atoms. The number of aromatic nitrogens is 3. The smallest absolute Gasteiger partial charge is 0.158 e. The minimum atomic E-state index is -0.393. The summed E-state index contributed by atoms with van der Waals surface area (Å²) >= 11 is 0. The molecule has 1 fully saturated rings. The van der Waals surface area contributed by atoms with Gasteiger partial charge in [0.2, 0.25) is 0 Å². The summed E-state index contributed by atoms with van der Waals surface area (Å²) in [7, 11) is 0. The highest BCUT2D eigenvalue weighted by Crippen LogP contribution is 2.36. The zero-order chi connectivity index (χ0) is 27.9. The fourth-order valence-corrected chi connectivity index (χ4v) is 5.98. The third kappa shape index (κ3) is 5.17. The summed E-state index contributed by atoms with van der Waals surface area (Å²) < 4.78 is 43.6. The summed E-state index contributed by atoms with van der Waals surface area (Å²) in [6, 6.07) is 11.1. The van der Waals surface area contributed by atoms with E-state index in [2.05, 4.69) is 18.7 Å². The number of rotatable bonds is 1. The van der Waals surface area contributed by atoms with Crippen molar-refractivity contribution in [3.05, 3.63) is 65.4 Å².